The molecule has 1 aliphatic rings. The van der Waals surface area contributed by atoms with E-state index in [1.54, 1.807) is 17.0 Å². The molecule has 0 aliphatic heterocycles. The normalized spacial score (nSPS) is 26.5. The van der Waals surface area contributed by atoms with Gasteiger partial charge >= 0.3 is 0 Å². The van der Waals surface area contributed by atoms with Gasteiger partial charge in [0.25, 0.3) is 5.56 Å². The van der Waals surface area contributed by atoms with Gasteiger partial charge in [-0.05, 0) is 12.0 Å². The number of nitrogens with one attached hydrogen (secondary N) is 1. The van der Waals surface area contributed by atoms with Gasteiger partial charge in [0, 0.05) is 12.0 Å². The quantitative estimate of drug-likeness (QED) is 0.566. The van der Waals surface area contributed by atoms with E-state index in [1.807, 2.05) is 0 Å². The van der Waals surface area contributed by atoms with Crippen molar-refractivity contribution in [2.24, 2.45) is 5.92 Å². The van der Waals surface area contributed by atoms with Crippen LogP contribution >= 0.6 is 0 Å². The summed E-state index contributed by atoms with van der Waals surface area (Å²) in [5.41, 5.74) is 6.95. The average Bonchev–Trinajstić information content (AvgIpc) is 2.91. The monoisotopic (exact) mass is 276 g/mol. The number of nitrogens with zero attached hydrogens (tertiary/aromatic N) is 2. The molecular weight excluding hydrogens is 260 g/mol. The summed E-state index contributed by atoms with van der Waals surface area (Å²) >= 11 is 0. The van der Waals surface area contributed by atoms with E-state index in [2.05, 4.69) is 16.5 Å². The van der Waals surface area contributed by atoms with Gasteiger partial charge in [-0.15, -0.1) is 0 Å². The summed E-state index contributed by atoms with van der Waals surface area (Å²) < 4.78 is 1.78. The largest absolute Gasteiger partial charge is 0.396 e. The van der Waals surface area contributed by atoms with Crippen molar-refractivity contribution in [1.82, 2.24) is 14.5 Å². The Bertz CT molecular complexity index is 733. The number of pyridine rings is 1. The van der Waals surface area contributed by atoms with Crippen LogP contribution in [0.2, 0.25) is 0 Å². The summed E-state index contributed by atoms with van der Waals surface area (Å²) in [6, 6.07) is 1.43. The minimum atomic E-state index is -0.644. The summed E-state index contributed by atoms with van der Waals surface area (Å²) in [5.74, 6) is -0.0936. The standard InChI is InChI=1S/C13H16N4O3/c1-6-7(4-18)10(19)2-8(6)17-5-15-12-9(17)3-11(14)16-13(12)20/h3,5,7-8,10,18-19H,1-2,4H2,(H3,14,16,20)/t7-,8-,10?/m0/s1. The topological polar surface area (TPSA) is 117 Å². The number of H-pyrrole nitrogens is 1. The number of hydrogen-bond acceptors (Lipinski definition) is 5. The molecule has 3 rings (SSSR count). The maximum absolute atomic E-state index is 11.8. The number of hydrogen-bond donors (Lipinski definition) is 4. The third-order valence-corrected chi connectivity index (χ3v) is 3.96. The van der Waals surface area contributed by atoms with Crippen LogP contribution in [-0.4, -0.2) is 37.5 Å². The van der Waals surface area contributed by atoms with Gasteiger partial charge < -0.3 is 25.5 Å². The second-order valence-corrected chi connectivity index (χ2v) is 5.12. The minimum absolute atomic E-state index is 0.147. The molecular formula is C13H16N4O3. The van der Waals surface area contributed by atoms with Crippen molar-refractivity contribution in [2.75, 3.05) is 12.3 Å². The zero-order valence-electron chi connectivity index (χ0n) is 10.8. The van der Waals surface area contributed by atoms with E-state index in [4.69, 9.17) is 5.73 Å². The van der Waals surface area contributed by atoms with Crippen LogP contribution in [0.25, 0.3) is 11.0 Å². The molecule has 0 saturated heterocycles. The van der Waals surface area contributed by atoms with Crippen molar-refractivity contribution in [2.45, 2.75) is 18.6 Å². The maximum Gasteiger partial charge on any atom is 0.277 e. The number of aromatic amines is 1. The van der Waals surface area contributed by atoms with Gasteiger partial charge in [-0.1, -0.05) is 6.58 Å². The lowest BCUT2D eigenvalue weighted by molar-refractivity contribution is 0.101. The highest BCUT2D eigenvalue weighted by Crippen LogP contribution is 2.40. The van der Waals surface area contributed by atoms with Crippen molar-refractivity contribution in [3.8, 4) is 0 Å². The fourth-order valence-corrected chi connectivity index (χ4v) is 2.88. The second kappa shape index (κ2) is 4.46. The molecule has 5 N–H and O–H groups in total. The van der Waals surface area contributed by atoms with Crippen LogP contribution in [0.15, 0.2) is 29.3 Å². The third kappa shape index (κ3) is 1.75. The lowest BCUT2D eigenvalue weighted by atomic mass is 10.0. The minimum Gasteiger partial charge on any atom is -0.396 e. The number of nitrogen functional groups attached to an aromatic ring is 1. The Morgan fingerprint density at radius 1 is 1.60 bits per heavy atom. The molecule has 7 nitrogen and oxygen atoms in total. The molecule has 2 aromatic rings. The lowest BCUT2D eigenvalue weighted by Crippen LogP contribution is -2.17. The highest BCUT2D eigenvalue weighted by atomic mass is 16.3. The second-order valence-electron chi connectivity index (χ2n) is 5.12. The summed E-state index contributed by atoms with van der Waals surface area (Å²) in [6.07, 6.45) is 1.33. The molecule has 0 amide bonds. The molecule has 1 aliphatic carbocycles. The number of aliphatic hydroxyl groups excluding tert-OH is 2. The van der Waals surface area contributed by atoms with Crippen molar-refractivity contribution in [3.63, 3.8) is 0 Å². The number of imidazole rings is 1. The molecule has 0 bridgehead atoms. The lowest BCUT2D eigenvalue weighted by Gasteiger charge is -2.16. The van der Waals surface area contributed by atoms with Gasteiger partial charge in [0.05, 0.1) is 30.6 Å². The van der Waals surface area contributed by atoms with Crippen LogP contribution < -0.4 is 11.3 Å². The number of aliphatic hydroxyl groups is 2. The molecule has 106 valence electrons. The van der Waals surface area contributed by atoms with Gasteiger partial charge in [-0.3, -0.25) is 4.79 Å². The van der Waals surface area contributed by atoms with Crippen molar-refractivity contribution in [1.29, 1.82) is 0 Å². The zero-order valence-corrected chi connectivity index (χ0v) is 10.8. The summed E-state index contributed by atoms with van der Waals surface area (Å²) in [4.78, 5) is 18.4. The number of aromatic nitrogens is 3. The first-order chi connectivity index (χ1) is 9.52. The van der Waals surface area contributed by atoms with Crippen LogP contribution in [0.5, 0.6) is 0 Å². The molecule has 1 fully saturated rings. The highest BCUT2D eigenvalue weighted by Gasteiger charge is 2.37. The third-order valence-electron chi connectivity index (χ3n) is 3.96. The van der Waals surface area contributed by atoms with Gasteiger partial charge in [0.15, 0.2) is 5.52 Å². The molecule has 7 heteroatoms. The predicted molar refractivity (Wildman–Crippen MR) is 74.1 cm³/mol. The van der Waals surface area contributed by atoms with E-state index >= 15 is 0 Å². The van der Waals surface area contributed by atoms with E-state index in [9.17, 15) is 15.0 Å². The Hall–Kier alpha value is -2.12. The summed E-state index contributed by atoms with van der Waals surface area (Å²) in [5, 5.41) is 19.3. The number of rotatable bonds is 2. The van der Waals surface area contributed by atoms with Crippen molar-refractivity contribution < 1.29 is 10.2 Å². The molecule has 0 aromatic carbocycles. The van der Waals surface area contributed by atoms with Gasteiger partial charge in [0.2, 0.25) is 0 Å². The average molecular weight is 276 g/mol. The molecule has 2 heterocycles. The van der Waals surface area contributed by atoms with E-state index in [1.165, 1.54) is 0 Å². The van der Waals surface area contributed by atoms with E-state index in [-0.39, 0.29) is 29.9 Å². The van der Waals surface area contributed by atoms with Crippen LogP contribution in [-0.2, 0) is 0 Å². The molecule has 2 aromatic heterocycles. The smallest absolute Gasteiger partial charge is 0.277 e. The van der Waals surface area contributed by atoms with Gasteiger partial charge in [0.1, 0.15) is 5.82 Å². The number of anilines is 1. The fraction of sp³-hybridized carbons (Fsp3) is 0.385. The fourth-order valence-electron chi connectivity index (χ4n) is 2.88. The van der Waals surface area contributed by atoms with Crippen LogP contribution in [0.1, 0.15) is 12.5 Å². The van der Waals surface area contributed by atoms with Crippen LogP contribution in [0, 0.1) is 5.92 Å². The molecule has 20 heavy (non-hydrogen) atoms. The number of fused-ring (bicyclic) bond motifs is 1. The molecule has 1 saturated carbocycles. The molecule has 0 spiro atoms. The van der Waals surface area contributed by atoms with Crippen molar-refractivity contribution >= 4 is 16.9 Å². The SMILES string of the molecule is C=C1[C@H](CO)C(O)C[C@@H]1n1cnc2c(=O)[nH]c(N)cc21. The van der Waals surface area contributed by atoms with Crippen molar-refractivity contribution in [3.05, 3.63) is 34.9 Å². The Morgan fingerprint density at radius 2 is 2.35 bits per heavy atom. The first-order valence-electron chi connectivity index (χ1n) is 6.36. The zero-order chi connectivity index (χ0) is 14.4. The van der Waals surface area contributed by atoms with Gasteiger partial charge in [-0.2, -0.15) is 0 Å². The molecule has 1 unspecified atom stereocenters. The van der Waals surface area contributed by atoms with E-state index in [0.717, 1.165) is 5.57 Å². The predicted octanol–water partition coefficient (Wildman–Crippen LogP) is -0.223. The Morgan fingerprint density at radius 3 is 3.00 bits per heavy atom. The Balaban J connectivity index is 2.12. The first-order valence-corrected chi connectivity index (χ1v) is 6.36. The first kappa shape index (κ1) is 12.9. The highest BCUT2D eigenvalue weighted by molar-refractivity contribution is 5.77. The van der Waals surface area contributed by atoms with Crippen LogP contribution in [0.4, 0.5) is 5.82 Å². The Kier molecular flexibility index (Phi) is 2.88. The van der Waals surface area contributed by atoms with Crippen LogP contribution in [0.3, 0.4) is 0 Å². The van der Waals surface area contributed by atoms with Gasteiger partial charge in [-0.25, -0.2) is 4.98 Å². The summed E-state index contributed by atoms with van der Waals surface area (Å²) in [6.45, 7) is 3.81. The number of nitrogens with two attached hydrogens (primary N) is 1. The molecule has 0 radical (unpaired) electrons. The maximum atomic E-state index is 11.8. The Labute approximate surface area is 114 Å². The van der Waals surface area contributed by atoms with E-state index in [0.29, 0.717) is 17.5 Å². The van der Waals surface area contributed by atoms with E-state index < -0.39 is 6.10 Å². The molecule has 3 atom stereocenters. The summed E-state index contributed by atoms with van der Waals surface area (Å²) in [7, 11) is 0.